The molecule has 1 N–H and O–H groups in total. The molecular formula is C26H30FN5O3S. The van der Waals surface area contributed by atoms with Crippen LogP contribution in [0.15, 0.2) is 35.1 Å². The molecule has 2 aliphatic rings. The predicted octanol–water partition coefficient (Wildman–Crippen LogP) is 3.50. The SMILES string of the molecule is CCNC(=O)c1c(=O)c2cc(F)c(N3CCOCC3)nc2n2c1sc1ccccc12.CN1CCCC1. The molecule has 36 heavy (non-hydrogen) atoms. The number of hydrogen-bond donors (Lipinski definition) is 1. The van der Waals surface area contributed by atoms with Crippen molar-refractivity contribution in [2.45, 2.75) is 19.8 Å². The summed E-state index contributed by atoms with van der Waals surface area (Å²) in [5.74, 6) is -0.853. The number of pyridine rings is 2. The van der Waals surface area contributed by atoms with E-state index in [9.17, 15) is 9.59 Å². The number of benzene rings is 1. The molecule has 5 heterocycles. The third-order valence-corrected chi connectivity index (χ3v) is 7.70. The van der Waals surface area contributed by atoms with Crippen molar-refractivity contribution in [3.63, 3.8) is 0 Å². The highest BCUT2D eigenvalue weighted by atomic mass is 32.1. The van der Waals surface area contributed by atoms with E-state index in [-0.39, 0.29) is 16.8 Å². The summed E-state index contributed by atoms with van der Waals surface area (Å²) in [6.45, 7) is 6.84. The summed E-state index contributed by atoms with van der Waals surface area (Å²) in [4.78, 5) is 35.3. The fourth-order valence-electron chi connectivity index (χ4n) is 4.72. The van der Waals surface area contributed by atoms with Crippen LogP contribution in [0, 0.1) is 5.82 Å². The number of anilines is 1. The minimum atomic E-state index is -0.581. The third-order valence-electron chi connectivity index (χ3n) is 6.56. The second-order valence-corrected chi connectivity index (χ2v) is 10.1. The molecule has 8 nitrogen and oxygen atoms in total. The molecule has 1 aromatic carbocycles. The van der Waals surface area contributed by atoms with Crippen molar-refractivity contribution in [3.8, 4) is 0 Å². The molecule has 2 saturated heterocycles. The fourth-order valence-corrected chi connectivity index (χ4v) is 5.90. The highest BCUT2D eigenvalue weighted by molar-refractivity contribution is 7.24. The number of carbonyl (C=O) groups is 1. The van der Waals surface area contributed by atoms with Gasteiger partial charge in [0, 0.05) is 19.6 Å². The summed E-state index contributed by atoms with van der Waals surface area (Å²) in [5, 5.41) is 2.79. The van der Waals surface area contributed by atoms with Crippen molar-refractivity contribution < 1.29 is 13.9 Å². The lowest BCUT2D eigenvalue weighted by Gasteiger charge is -2.28. The summed E-state index contributed by atoms with van der Waals surface area (Å²) in [6.07, 6.45) is 2.83. The Morgan fingerprint density at radius 3 is 2.56 bits per heavy atom. The van der Waals surface area contributed by atoms with E-state index >= 15 is 4.39 Å². The molecule has 10 heteroatoms. The van der Waals surface area contributed by atoms with Crippen LogP contribution in [0.1, 0.15) is 30.1 Å². The maximum atomic E-state index is 15.0. The number of thiazole rings is 1. The Morgan fingerprint density at radius 1 is 1.17 bits per heavy atom. The van der Waals surface area contributed by atoms with Crippen molar-refractivity contribution in [1.82, 2.24) is 19.6 Å². The first-order valence-electron chi connectivity index (χ1n) is 12.4. The van der Waals surface area contributed by atoms with Gasteiger partial charge in [0.15, 0.2) is 17.3 Å². The van der Waals surface area contributed by atoms with Gasteiger partial charge in [0.05, 0.1) is 28.8 Å². The number of nitrogens with one attached hydrogen (secondary N) is 1. The lowest BCUT2D eigenvalue weighted by Crippen LogP contribution is -2.37. The highest BCUT2D eigenvalue weighted by Gasteiger charge is 2.25. The smallest absolute Gasteiger partial charge is 0.258 e. The summed E-state index contributed by atoms with van der Waals surface area (Å²) < 4.78 is 23.1. The first-order chi connectivity index (χ1) is 17.5. The molecular weight excluding hydrogens is 481 g/mol. The van der Waals surface area contributed by atoms with Gasteiger partial charge in [0.2, 0.25) is 5.43 Å². The number of likely N-dealkylation sites (tertiary alicyclic amines) is 1. The number of aromatic nitrogens is 2. The Labute approximate surface area is 212 Å². The molecule has 190 valence electrons. The van der Waals surface area contributed by atoms with Crippen LogP contribution in [0.3, 0.4) is 0 Å². The van der Waals surface area contributed by atoms with Crippen LogP contribution in [0.25, 0.3) is 26.1 Å². The predicted molar refractivity (Wildman–Crippen MR) is 142 cm³/mol. The lowest BCUT2D eigenvalue weighted by molar-refractivity contribution is 0.0956. The first kappa shape index (κ1) is 24.6. The standard InChI is InChI=1S/C21H19FN4O3S.C5H11N/c1-2-23-20(28)16-17(27)12-11-13(22)19(25-7-9-29-10-8-25)24-18(12)26-14-5-3-4-6-15(14)30-21(16)26;1-6-4-2-3-5-6/h3-6,11H,2,7-10H2,1H3,(H,23,28);2-5H2,1H3. The number of para-hydroxylation sites is 1. The number of carbonyl (C=O) groups excluding carboxylic acids is 1. The molecule has 0 spiro atoms. The molecule has 4 aromatic rings. The average Bonchev–Trinajstić information content (AvgIpc) is 3.52. The molecule has 0 bridgehead atoms. The van der Waals surface area contributed by atoms with Crippen LogP contribution in [-0.4, -0.2) is 73.2 Å². The maximum absolute atomic E-state index is 15.0. The fraction of sp³-hybridized carbons (Fsp3) is 0.423. The number of amides is 1. The highest BCUT2D eigenvalue weighted by Crippen LogP contribution is 2.32. The molecule has 0 saturated carbocycles. The van der Waals surface area contributed by atoms with E-state index in [2.05, 4.69) is 22.2 Å². The van der Waals surface area contributed by atoms with Gasteiger partial charge in [-0.1, -0.05) is 12.1 Å². The van der Waals surface area contributed by atoms with Gasteiger partial charge in [-0.15, -0.1) is 11.3 Å². The quantitative estimate of drug-likeness (QED) is 0.454. The second-order valence-electron chi connectivity index (χ2n) is 9.05. The average molecular weight is 512 g/mol. The molecule has 1 amide bonds. The zero-order chi connectivity index (χ0) is 25.2. The Hall–Kier alpha value is -3.08. The Balaban J connectivity index is 0.000000391. The van der Waals surface area contributed by atoms with E-state index < -0.39 is 17.2 Å². The van der Waals surface area contributed by atoms with Crippen molar-refractivity contribution in [2.75, 3.05) is 57.9 Å². The summed E-state index contributed by atoms with van der Waals surface area (Å²) in [7, 11) is 2.17. The van der Waals surface area contributed by atoms with Crippen LogP contribution in [0.5, 0.6) is 0 Å². The van der Waals surface area contributed by atoms with Crippen molar-refractivity contribution in [1.29, 1.82) is 0 Å². The Kier molecular flexibility index (Phi) is 7.17. The molecule has 3 aromatic heterocycles. The molecule has 0 aliphatic carbocycles. The van der Waals surface area contributed by atoms with Crippen LogP contribution >= 0.6 is 11.3 Å². The number of morpholine rings is 1. The van der Waals surface area contributed by atoms with Gasteiger partial charge in [-0.25, -0.2) is 9.37 Å². The van der Waals surface area contributed by atoms with E-state index in [0.29, 0.717) is 43.3 Å². The number of halogens is 1. The molecule has 0 radical (unpaired) electrons. The second kappa shape index (κ2) is 10.5. The minimum absolute atomic E-state index is 0.0193. The number of fused-ring (bicyclic) bond motifs is 5. The largest absolute Gasteiger partial charge is 0.378 e. The number of hydrogen-bond acceptors (Lipinski definition) is 7. The van der Waals surface area contributed by atoms with Gasteiger partial charge in [-0.3, -0.25) is 14.0 Å². The van der Waals surface area contributed by atoms with Gasteiger partial charge < -0.3 is 19.9 Å². The van der Waals surface area contributed by atoms with Crippen LogP contribution in [-0.2, 0) is 4.74 Å². The van der Waals surface area contributed by atoms with Crippen LogP contribution in [0.4, 0.5) is 10.2 Å². The minimum Gasteiger partial charge on any atom is -0.378 e. The first-order valence-corrected chi connectivity index (χ1v) is 13.2. The monoisotopic (exact) mass is 511 g/mol. The maximum Gasteiger partial charge on any atom is 0.258 e. The zero-order valence-corrected chi connectivity index (χ0v) is 21.4. The van der Waals surface area contributed by atoms with E-state index in [1.807, 2.05) is 29.2 Å². The van der Waals surface area contributed by atoms with Crippen molar-refractivity contribution in [2.24, 2.45) is 0 Å². The van der Waals surface area contributed by atoms with Gasteiger partial charge in [0.1, 0.15) is 10.4 Å². The van der Waals surface area contributed by atoms with E-state index in [1.54, 1.807) is 11.3 Å². The molecule has 2 fully saturated rings. The van der Waals surface area contributed by atoms with Gasteiger partial charge in [0.25, 0.3) is 5.91 Å². The molecule has 6 rings (SSSR count). The Bertz CT molecular complexity index is 1470. The summed E-state index contributed by atoms with van der Waals surface area (Å²) in [5.41, 5.74) is 0.678. The van der Waals surface area contributed by atoms with Gasteiger partial charge >= 0.3 is 0 Å². The van der Waals surface area contributed by atoms with Crippen molar-refractivity contribution in [3.05, 3.63) is 51.9 Å². The number of rotatable bonds is 3. The topological polar surface area (TPSA) is 79.2 Å². The summed E-state index contributed by atoms with van der Waals surface area (Å²) in [6, 6.07) is 8.82. The number of nitrogens with zero attached hydrogens (tertiary/aromatic N) is 4. The zero-order valence-electron chi connectivity index (χ0n) is 20.6. The molecule has 0 unspecified atom stereocenters. The van der Waals surface area contributed by atoms with Gasteiger partial charge in [-0.2, -0.15) is 0 Å². The van der Waals surface area contributed by atoms with E-state index in [4.69, 9.17) is 4.74 Å². The normalized spacial score (nSPS) is 16.5. The van der Waals surface area contributed by atoms with Crippen molar-refractivity contribution >= 4 is 49.1 Å². The van der Waals surface area contributed by atoms with E-state index in [1.165, 1.54) is 43.3 Å². The van der Waals surface area contributed by atoms with E-state index in [0.717, 1.165) is 10.2 Å². The van der Waals surface area contributed by atoms with Crippen LogP contribution in [0.2, 0.25) is 0 Å². The molecule has 2 aliphatic heterocycles. The third kappa shape index (κ3) is 4.56. The Morgan fingerprint density at radius 2 is 1.89 bits per heavy atom. The molecule has 0 atom stereocenters. The van der Waals surface area contributed by atoms with Gasteiger partial charge in [-0.05, 0) is 58.1 Å². The summed E-state index contributed by atoms with van der Waals surface area (Å²) >= 11 is 1.35. The number of ether oxygens (including phenoxy) is 1. The lowest BCUT2D eigenvalue weighted by atomic mass is 10.1. The van der Waals surface area contributed by atoms with Crippen LogP contribution < -0.4 is 15.6 Å².